The molecule has 2 aromatic rings. The van der Waals surface area contributed by atoms with Crippen LogP contribution in [0.4, 0.5) is 10.1 Å². The first-order valence-electron chi connectivity index (χ1n) is 6.09. The third-order valence-electron chi connectivity index (χ3n) is 3.18. The number of amides is 1. The van der Waals surface area contributed by atoms with Crippen molar-refractivity contribution in [1.29, 1.82) is 0 Å². The van der Waals surface area contributed by atoms with Crippen LogP contribution in [0.1, 0.15) is 21.6 Å². The Morgan fingerprint density at radius 3 is 2.81 bits per heavy atom. The van der Waals surface area contributed by atoms with Gasteiger partial charge in [0.25, 0.3) is 11.6 Å². The molecule has 1 heterocycles. The maximum atomic E-state index is 13.6. The smallest absolute Gasteiger partial charge is 0.270 e. The van der Waals surface area contributed by atoms with E-state index >= 15 is 0 Å². The van der Waals surface area contributed by atoms with Crippen LogP contribution >= 0.6 is 0 Å². The summed E-state index contributed by atoms with van der Waals surface area (Å²) in [6.07, 6.45) is 1.60. The summed E-state index contributed by atoms with van der Waals surface area (Å²) in [7, 11) is 1.76. The highest BCUT2D eigenvalue weighted by atomic mass is 19.1. The van der Waals surface area contributed by atoms with Gasteiger partial charge in [0.15, 0.2) is 0 Å². The second-order valence-electron chi connectivity index (χ2n) is 4.48. The Morgan fingerprint density at radius 1 is 1.52 bits per heavy atom. The van der Waals surface area contributed by atoms with E-state index in [-0.39, 0.29) is 17.8 Å². The second kappa shape index (κ2) is 5.70. The number of carbonyl (C=O) groups is 1. The number of hydrogen-bond acceptors (Lipinski definition) is 4. The molecule has 0 aliphatic heterocycles. The molecule has 0 fully saturated rings. The van der Waals surface area contributed by atoms with Gasteiger partial charge in [0.05, 0.1) is 16.7 Å². The van der Waals surface area contributed by atoms with Gasteiger partial charge in [-0.2, -0.15) is 5.10 Å². The van der Waals surface area contributed by atoms with Crippen molar-refractivity contribution in [1.82, 2.24) is 15.1 Å². The van der Waals surface area contributed by atoms with Gasteiger partial charge in [-0.25, -0.2) is 4.39 Å². The van der Waals surface area contributed by atoms with Crippen molar-refractivity contribution in [3.05, 3.63) is 57.1 Å². The Labute approximate surface area is 119 Å². The molecule has 0 unspecified atom stereocenters. The molecule has 0 spiro atoms. The quantitative estimate of drug-likeness (QED) is 0.686. The lowest BCUT2D eigenvalue weighted by Gasteiger charge is -2.06. The van der Waals surface area contributed by atoms with Crippen molar-refractivity contribution in [3.8, 4) is 0 Å². The number of benzene rings is 1. The van der Waals surface area contributed by atoms with Crippen LogP contribution in [0.3, 0.4) is 0 Å². The predicted molar refractivity (Wildman–Crippen MR) is 72.2 cm³/mol. The Hall–Kier alpha value is -2.77. The highest BCUT2D eigenvalue weighted by Crippen LogP contribution is 2.17. The maximum absolute atomic E-state index is 13.6. The molecule has 21 heavy (non-hydrogen) atoms. The summed E-state index contributed by atoms with van der Waals surface area (Å²) in [4.78, 5) is 21.9. The molecule has 0 aliphatic rings. The summed E-state index contributed by atoms with van der Waals surface area (Å²) in [6.45, 7) is 2.00. The van der Waals surface area contributed by atoms with Crippen LogP contribution < -0.4 is 5.32 Å². The molecular formula is C13H13FN4O3. The lowest BCUT2D eigenvalue weighted by molar-refractivity contribution is -0.384. The first kappa shape index (κ1) is 14.6. The average molecular weight is 292 g/mol. The minimum Gasteiger partial charge on any atom is -0.348 e. The number of nitro groups is 1. The van der Waals surface area contributed by atoms with Crippen LogP contribution in [-0.2, 0) is 13.6 Å². The number of halogens is 1. The van der Waals surface area contributed by atoms with Crippen molar-refractivity contribution in [2.45, 2.75) is 13.5 Å². The van der Waals surface area contributed by atoms with Gasteiger partial charge in [0, 0.05) is 37.0 Å². The molecule has 1 amide bonds. The minimum absolute atomic E-state index is 0.167. The number of rotatable bonds is 4. The predicted octanol–water partition coefficient (Wildman–Crippen LogP) is 1.71. The largest absolute Gasteiger partial charge is 0.348 e. The van der Waals surface area contributed by atoms with Crippen molar-refractivity contribution in [2.75, 3.05) is 0 Å². The fourth-order valence-corrected chi connectivity index (χ4v) is 1.79. The summed E-state index contributed by atoms with van der Waals surface area (Å²) >= 11 is 0. The van der Waals surface area contributed by atoms with E-state index in [1.807, 2.05) is 6.92 Å². The Bertz CT molecular complexity index is 711. The van der Waals surface area contributed by atoms with E-state index in [4.69, 9.17) is 0 Å². The van der Waals surface area contributed by atoms with Crippen LogP contribution in [0.15, 0.2) is 24.4 Å². The number of carbonyl (C=O) groups excluding carboxylic acids is 1. The number of nitrogens with one attached hydrogen (secondary N) is 1. The molecule has 2 rings (SSSR count). The Balaban J connectivity index is 2.15. The van der Waals surface area contributed by atoms with E-state index < -0.39 is 16.6 Å². The van der Waals surface area contributed by atoms with Gasteiger partial charge in [0.1, 0.15) is 5.82 Å². The van der Waals surface area contributed by atoms with Gasteiger partial charge < -0.3 is 5.32 Å². The fourth-order valence-electron chi connectivity index (χ4n) is 1.79. The monoisotopic (exact) mass is 292 g/mol. The number of non-ortho nitro benzene ring substituents is 1. The topological polar surface area (TPSA) is 90.1 Å². The summed E-state index contributed by atoms with van der Waals surface area (Å²) in [5.41, 5.74) is 0.969. The van der Waals surface area contributed by atoms with Crippen LogP contribution in [0.2, 0.25) is 0 Å². The van der Waals surface area contributed by atoms with Gasteiger partial charge in [-0.05, 0) is 13.0 Å². The van der Waals surface area contributed by atoms with Gasteiger partial charge in [-0.3, -0.25) is 19.6 Å². The number of hydrogen-bond donors (Lipinski definition) is 1. The van der Waals surface area contributed by atoms with Gasteiger partial charge in [-0.15, -0.1) is 0 Å². The Kier molecular flexibility index (Phi) is 3.97. The van der Waals surface area contributed by atoms with Gasteiger partial charge in [0.2, 0.25) is 0 Å². The SMILES string of the molecule is Cc1c(CNC(=O)c2cc([N+](=O)[O-])ccc2F)cnn1C. The van der Waals surface area contributed by atoms with E-state index in [2.05, 4.69) is 10.4 Å². The number of nitrogens with zero attached hydrogens (tertiary/aromatic N) is 3. The van der Waals surface area contributed by atoms with E-state index in [1.165, 1.54) is 0 Å². The molecular weight excluding hydrogens is 279 g/mol. The van der Waals surface area contributed by atoms with Crippen LogP contribution in [-0.4, -0.2) is 20.6 Å². The highest BCUT2D eigenvalue weighted by Gasteiger charge is 2.17. The highest BCUT2D eigenvalue weighted by molar-refractivity contribution is 5.95. The third kappa shape index (κ3) is 3.04. The standard InChI is InChI=1S/C13H13FN4O3/c1-8-9(7-16-17(8)2)6-15-13(19)11-5-10(18(20)21)3-4-12(11)14/h3-5,7H,6H2,1-2H3,(H,15,19). The summed E-state index contributed by atoms with van der Waals surface area (Å²) < 4.78 is 15.2. The van der Waals surface area contributed by atoms with Crippen LogP contribution in [0, 0.1) is 22.9 Å². The third-order valence-corrected chi connectivity index (χ3v) is 3.18. The lowest BCUT2D eigenvalue weighted by atomic mass is 10.1. The molecule has 0 bridgehead atoms. The van der Waals surface area contributed by atoms with Crippen molar-refractivity contribution < 1.29 is 14.1 Å². The first-order chi connectivity index (χ1) is 9.90. The molecule has 0 aliphatic carbocycles. The zero-order valence-corrected chi connectivity index (χ0v) is 11.5. The van der Waals surface area contributed by atoms with Crippen molar-refractivity contribution >= 4 is 11.6 Å². The molecule has 0 atom stereocenters. The number of aromatic nitrogens is 2. The zero-order chi connectivity index (χ0) is 15.6. The molecule has 7 nitrogen and oxygen atoms in total. The minimum atomic E-state index is -0.805. The molecule has 0 radical (unpaired) electrons. The lowest BCUT2D eigenvalue weighted by Crippen LogP contribution is -2.24. The molecule has 8 heteroatoms. The maximum Gasteiger partial charge on any atom is 0.270 e. The number of nitro benzene ring substituents is 1. The average Bonchev–Trinajstić information content (AvgIpc) is 2.76. The van der Waals surface area contributed by atoms with Gasteiger partial charge in [-0.1, -0.05) is 0 Å². The summed E-state index contributed by atoms with van der Waals surface area (Å²) in [6, 6.07) is 2.83. The van der Waals surface area contributed by atoms with E-state index in [0.717, 1.165) is 29.5 Å². The van der Waals surface area contributed by atoms with E-state index in [1.54, 1.807) is 17.9 Å². The molecule has 1 aromatic heterocycles. The molecule has 0 saturated heterocycles. The van der Waals surface area contributed by atoms with Gasteiger partial charge >= 0.3 is 0 Å². The first-order valence-corrected chi connectivity index (χ1v) is 6.09. The molecule has 110 valence electrons. The Morgan fingerprint density at radius 2 is 2.24 bits per heavy atom. The van der Waals surface area contributed by atoms with Crippen LogP contribution in [0.25, 0.3) is 0 Å². The molecule has 1 N–H and O–H groups in total. The van der Waals surface area contributed by atoms with Crippen molar-refractivity contribution in [2.24, 2.45) is 7.05 Å². The zero-order valence-electron chi connectivity index (χ0n) is 11.5. The summed E-state index contributed by atoms with van der Waals surface area (Å²) in [5.74, 6) is -1.51. The van der Waals surface area contributed by atoms with E-state index in [9.17, 15) is 19.3 Å². The van der Waals surface area contributed by atoms with Crippen LogP contribution in [0.5, 0.6) is 0 Å². The summed E-state index contributed by atoms with van der Waals surface area (Å²) in [5, 5.41) is 17.2. The fraction of sp³-hybridized carbons (Fsp3) is 0.231. The molecule has 1 aromatic carbocycles. The molecule has 0 saturated carbocycles. The van der Waals surface area contributed by atoms with E-state index in [0.29, 0.717) is 0 Å². The second-order valence-corrected chi connectivity index (χ2v) is 4.48. The normalized spacial score (nSPS) is 10.4. The van der Waals surface area contributed by atoms with Crippen molar-refractivity contribution in [3.63, 3.8) is 0 Å². The number of aryl methyl sites for hydroxylation is 1.